The average Bonchev–Trinajstić information content (AvgIpc) is 2.03. The molecule has 0 spiro atoms. The maximum atomic E-state index is 5.56. The molecule has 0 radical (unpaired) electrons. The molecule has 0 amide bonds. The summed E-state index contributed by atoms with van der Waals surface area (Å²) in [7, 11) is 0. The zero-order valence-corrected chi connectivity index (χ0v) is 8.26. The SMILES string of the molecule is CC1CNc2ncc(Br)cc2O1. The number of halogens is 1. The number of nitrogens with zero attached hydrogens (tertiary/aromatic N) is 1. The predicted octanol–water partition coefficient (Wildman–Crippen LogP) is 2.04. The molecule has 1 aliphatic heterocycles. The van der Waals surface area contributed by atoms with Crippen LogP contribution in [0.25, 0.3) is 0 Å². The van der Waals surface area contributed by atoms with Crippen LogP contribution >= 0.6 is 15.9 Å². The second-order valence-electron chi connectivity index (χ2n) is 2.81. The van der Waals surface area contributed by atoms with Crippen molar-refractivity contribution >= 4 is 21.7 Å². The maximum absolute atomic E-state index is 5.56. The summed E-state index contributed by atoms with van der Waals surface area (Å²) >= 11 is 3.34. The summed E-state index contributed by atoms with van der Waals surface area (Å²) in [6.45, 7) is 2.85. The number of nitrogens with one attached hydrogen (secondary N) is 1. The first-order chi connectivity index (χ1) is 5.75. The summed E-state index contributed by atoms with van der Waals surface area (Å²) in [5.41, 5.74) is 0. The molecule has 4 heteroatoms. The van der Waals surface area contributed by atoms with Crippen molar-refractivity contribution in [2.24, 2.45) is 0 Å². The molecule has 1 atom stereocenters. The molecular weight excluding hydrogens is 220 g/mol. The fraction of sp³-hybridized carbons (Fsp3) is 0.375. The van der Waals surface area contributed by atoms with E-state index in [9.17, 15) is 0 Å². The Morgan fingerprint density at radius 3 is 3.42 bits per heavy atom. The summed E-state index contributed by atoms with van der Waals surface area (Å²) < 4.78 is 6.50. The Balaban J connectivity index is 2.37. The number of ether oxygens (including phenoxy) is 1. The first kappa shape index (κ1) is 7.86. The number of hydrogen-bond acceptors (Lipinski definition) is 3. The Labute approximate surface area is 79.3 Å². The molecule has 2 rings (SSSR count). The molecule has 64 valence electrons. The molecule has 1 aromatic rings. The molecule has 0 aliphatic carbocycles. The number of rotatable bonds is 0. The lowest BCUT2D eigenvalue weighted by Gasteiger charge is -2.23. The van der Waals surface area contributed by atoms with Gasteiger partial charge in [-0.1, -0.05) is 0 Å². The van der Waals surface area contributed by atoms with Crippen LogP contribution in [0.15, 0.2) is 16.7 Å². The summed E-state index contributed by atoms with van der Waals surface area (Å²) in [4.78, 5) is 4.17. The standard InChI is InChI=1S/C8H9BrN2O/c1-5-3-10-8-7(12-5)2-6(9)4-11-8/h2,4-5H,3H2,1H3,(H,10,11). The fourth-order valence-corrected chi connectivity index (χ4v) is 1.45. The van der Waals surface area contributed by atoms with Crippen molar-refractivity contribution < 1.29 is 4.74 Å². The number of anilines is 1. The first-order valence-electron chi connectivity index (χ1n) is 3.82. The van der Waals surface area contributed by atoms with Gasteiger partial charge in [0, 0.05) is 10.7 Å². The second kappa shape index (κ2) is 2.94. The minimum absolute atomic E-state index is 0.216. The summed E-state index contributed by atoms with van der Waals surface area (Å²) in [6.07, 6.45) is 1.97. The molecule has 12 heavy (non-hydrogen) atoms. The van der Waals surface area contributed by atoms with Crippen LogP contribution < -0.4 is 10.1 Å². The third kappa shape index (κ3) is 1.39. The van der Waals surface area contributed by atoms with Crippen molar-refractivity contribution in [3.63, 3.8) is 0 Å². The smallest absolute Gasteiger partial charge is 0.168 e. The maximum Gasteiger partial charge on any atom is 0.168 e. The zero-order valence-electron chi connectivity index (χ0n) is 6.67. The van der Waals surface area contributed by atoms with Crippen molar-refractivity contribution in [2.75, 3.05) is 11.9 Å². The quantitative estimate of drug-likeness (QED) is 0.739. The van der Waals surface area contributed by atoms with Crippen LogP contribution in [0.4, 0.5) is 5.82 Å². The highest BCUT2D eigenvalue weighted by atomic mass is 79.9. The van der Waals surface area contributed by atoms with Crippen LogP contribution in [0.2, 0.25) is 0 Å². The van der Waals surface area contributed by atoms with Gasteiger partial charge in [-0.3, -0.25) is 0 Å². The Bertz CT molecular complexity index is 303. The largest absolute Gasteiger partial charge is 0.485 e. The molecule has 0 fully saturated rings. The van der Waals surface area contributed by atoms with E-state index in [0.29, 0.717) is 0 Å². The van der Waals surface area contributed by atoms with Crippen LogP contribution in [-0.4, -0.2) is 17.6 Å². The highest BCUT2D eigenvalue weighted by molar-refractivity contribution is 9.10. The third-order valence-electron chi connectivity index (χ3n) is 1.70. The van der Waals surface area contributed by atoms with Gasteiger partial charge in [-0.05, 0) is 28.9 Å². The number of hydrogen-bond donors (Lipinski definition) is 1. The van der Waals surface area contributed by atoms with Crippen LogP contribution in [0, 0.1) is 0 Å². The predicted molar refractivity (Wildman–Crippen MR) is 50.5 cm³/mol. The number of aromatic nitrogens is 1. The van der Waals surface area contributed by atoms with E-state index >= 15 is 0 Å². The minimum atomic E-state index is 0.216. The molecule has 0 aromatic carbocycles. The van der Waals surface area contributed by atoms with Crippen molar-refractivity contribution in [1.82, 2.24) is 4.98 Å². The topological polar surface area (TPSA) is 34.2 Å². The highest BCUT2D eigenvalue weighted by Crippen LogP contribution is 2.29. The summed E-state index contributed by atoms with van der Waals surface area (Å²) in [5.74, 6) is 1.65. The molecular formula is C8H9BrN2O. The van der Waals surface area contributed by atoms with E-state index < -0.39 is 0 Å². The Morgan fingerprint density at radius 1 is 1.75 bits per heavy atom. The molecule has 1 aromatic heterocycles. The Morgan fingerprint density at radius 2 is 2.58 bits per heavy atom. The lowest BCUT2D eigenvalue weighted by Crippen LogP contribution is -2.28. The molecule has 0 saturated carbocycles. The number of fused-ring (bicyclic) bond motifs is 1. The molecule has 1 N–H and O–H groups in total. The van der Waals surface area contributed by atoms with Gasteiger partial charge < -0.3 is 10.1 Å². The third-order valence-corrected chi connectivity index (χ3v) is 2.14. The van der Waals surface area contributed by atoms with Gasteiger partial charge in [0.25, 0.3) is 0 Å². The average molecular weight is 229 g/mol. The van der Waals surface area contributed by atoms with E-state index in [4.69, 9.17) is 4.74 Å². The van der Waals surface area contributed by atoms with Crippen LogP contribution in [-0.2, 0) is 0 Å². The van der Waals surface area contributed by atoms with E-state index in [0.717, 1.165) is 22.6 Å². The Kier molecular flexibility index (Phi) is 1.92. The summed E-state index contributed by atoms with van der Waals surface area (Å²) in [6, 6.07) is 1.92. The van der Waals surface area contributed by atoms with Gasteiger partial charge in [-0.15, -0.1) is 0 Å². The highest BCUT2D eigenvalue weighted by Gasteiger charge is 2.15. The minimum Gasteiger partial charge on any atom is -0.485 e. The number of pyridine rings is 1. The van der Waals surface area contributed by atoms with Crippen LogP contribution in [0.3, 0.4) is 0 Å². The van der Waals surface area contributed by atoms with E-state index in [-0.39, 0.29) is 6.10 Å². The molecule has 0 bridgehead atoms. The normalized spacial score (nSPS) is 20.7. The lowest BCUT2D eigenvalue weighted by atomic mass is 10.3. The van der Waals surface area contributed by atoms with E-state index in [1.54, 1.807) is 6.20 Å². The van der Waals surface area contributed by atoms with E-state index in [2.05, 4.69) is 26.2 Å². The molecule has 1 unspecified atom stereocenters. The van der Waals surface area contributed by atoms with Gasteiger partial charge in [-0.25, -0.2) is 4.98 Å². The zero-order chi connectivity index (χ0) is 8.55. The molecule has 1 aliphatic rings. The summed E-state index contributed by atoms with van der Waals surface area (Å²) in [5, 5.41) is 3.18. The van der Waals surface area contributed by atoms with E-state index in [1.807, 2.05) is 13.0 Å². The van der Waals surface area contributed by atoms with Crippen molar-refractivity contribution in [3.05, 3.63) is 16.7 Å². The van der Waals surface area contributed by atoms with Gasteiger partial charge in [0.2, 0.25) is 0 Å². The fourth-order valence-electron chi connectivity index (χ4n) is 1.14. The van der Waals surface area contributed by atoms with Crippen molar-refractivity contribution in [2.45, 2.75) is 13.0 Å². The Hall–Kier alpha value is -0.770. The molecule has 2 heterocycles. The van der Waals surface area contributed by atoms with Gasteiger partial charge in [-0.2, -0.15) is 0 Å². The van der Waals surface area contributed by atoms with Gasteiger partial charge >= 0.3 is 0 Å². The van der Waals surface area contributed by atoms with Gasteiger partial charge in [0.15, 0.2) is 11.6 Å². The van der Waals surface area contributed by atoms with Crippen molar-refractivity contribution in [1.29, 1.82) is 0 Å². The lowest BCUT2D eigenvalue weighted by molar-refractivity contribution is 0.224. The second-order valence-corrected chi connectivity index (χ2v) is 3.73. The van der Waals surface area contributed by atoms with Crippen LogP contribution in [0.5, 0.6) is 5.75 Å². The molecule has 0 saturated heterocycles. The first-order valence-corrected chi connectivity index (χ1v) is 4.61. The van der Waals surface area contributed by atoms with Crippen molar-refractivity contribution in [3.8, 4) is 5.75 Å². The van der Waals surface area contributed by atoms with Gasteiger partial charge in [0.05, 0.1) is 6.54 Å². The molecule has 3 nitrogen and oxygen atoms in total. The van der Waals surface area contributed by atoms with Crippen LogP contribution in [0.1, 0.15) is 6.92 Å². The van der Waals surface area contributed by atoms with Gasteiger partial charge in [0.1, 0.15) is 6.10 Å². The van der Waals surface area contributed by atoms with E-state index in [1.165, 1.54) is 0 Å². The monoisotopic (exact) mass is 228 g/mol.